The zero-order chi connectivity index (χ0) is 26.8. The van der Waals surface area contributed by atoms with Crippen molar-refractivity contribution in [1.82, 2.24) is 0 Å². The minimum Gasteiger partial charge on any atom is -0.493 e. The van der Waals surface area contributed by atoms with Crippen LogP contribution >= 0.6 is 0 Å². The van der Waals surface area contributed by atoms with Gasteiger partial charge in [0.15, 0.2) is 0 Å². The Hall–Kier alpha value is -3.08. The molecule has 0 bridgehead atoms. The van der Waals surface area contributed by atoms with Gasteiger partial charge in [-0.25, -0.2) is 0 Å². The van der Waals surface area contributed by atoms with Crippen molar-refractivity contribution in [2.75, 3.05) is 26.4 Å². The Bertz CT molecular complexity index is 1050. The topological polar surface area (TPSA) is 51.2 Å². The molecule has 2 aromatic rings. The van der Waals surface area contributed by atoms with Gasteiger partial charge >= 0.3 is 0 Å². The van der Waals surface area contributed by atoms with Crippen LogP contribution in [0.25, 0.3) is 0 Å². The van der Waals surface area contributed by atoms with Gasteiger partial charge in [0.2, 0.25) is 0 Å². The first-order valence-electron chi connectivity index (χ1n) is 13.1. The normalized spacial score (nSPS) is 14.6. The molecule has 0 amide bonds. The monoisotopic (exact) mass is 502 g/mol. The second-order valence-electron chi connectivity index (χ2n) is 10.0. The number of hydrogen-bond donors (Lipinski definition) is 1. The Balaban J connectivity index is 2.11. The fraction of sp³-hybridized carbons (Fsp3) is 0.394. The maximum atomic E-state index is 9.23. The van der Waals surface area contributed by atoms with Crippen molar-refractivity contribution in [2.24, 2.45) is 0 Å². The van der Waals surface area contributed by atoms with E-state index in [1.54, 1.807) is 0 Å². The second-order valence-corrected chi connectivity index (χ2v) is 10.0. The van der Waals surface area contributed by atoms with E-state index in [9.17, 15) is 5.11 Å². The first kappa shape index (κ1) is 28.5. The number of epoxide rings is 1. The lowest BCUT2D eigenvalue weighted by Crippen LogP contribution is -2.21. The highest BCUT2D eigenvalue weighted by Crippen LogP contribution is 2.40. The Kier molecular flexibility index (Phi) is 10.4. The number of aliphatic hydroxyl groups excluding tert-OH is 1. The van der Waals surface area contributed by atoms with Crippen molar-refractivity contribution >= 4 is 0 Å². The maximum absolute atomic E-state index is 9.23. The van der Waals surface area contributed by atoms with Crippen molar-refractivity contribution < 1.29 is 19.3 Å². The second kappa shape index (κ2) is 13.5. The lowest BCUT2D eigenvalue weighted by molar-refractivity contribution is 0.231. The molecule has 0 spiro atoms. The van der Waals surface area contributed by atoms with Gasteiger partial charge in [-0.15, -0.1) is 26.3 Å². The Morgan fingerprint density at radius 2 is 1.22 bits per heavy atom. The number of aliphatic hydroxyl groups is 1. The van der Waals surface area contributed by atoms with Gasteiger partial charge in [-0.1, -0.05) is 62.4 Å². The predicted octanol–water partition coefficient (Wildman–Crippen LogP) is 6.47. The molecule has 1 unspecified atom stereocenters. The van der Waals surface area contributed by atoms with Gasteiger partial charge in [-0.05, 0) is 59.1 Å². The SMILES string of the molecule is C=CCc1cc(C(C)(C)c2cc(CC=C)c(OCC3CO3)c(CC=C)c2)cc(CC=C)c1OCCCO. The third-order valence-electron chi connectivity index (χ3n) is 6.75. The van der Waals surface area contributed by atoms with E-state index < -0.39 is 0 Å². The molecule has 0 aliphatic carbocycles. The van der Waals surface area contributed by atoms with Crippen LogP contribution in [0.15, 0.2) is 74.9 Å². The highest BCUT2D eigenvalue weighted by molar-refractivity contribution is 5.54. The molecule has 3 rings (SSSR count). The molecule has 0 aromatic heterocycles. The molecule has 1 N–H and O–H groups in total. The van der Waals surface area contributed by atoms with Gasteiger partial charge in [-0.3, -0.25) is 0 Å². The molecule has 198 valence electrons. The van der Waals surface area contributed by atoms with E-state index >= 15 is 0 Å². The van der Waals surface area contributed by atoms with E-state index in [4.69, 9.17) is 14.2 Å². The molecule has 4 heteroatoms. The summed E-state index contributed by atoms with van der Waals surface area (Å²) in [7, 11) is 0. The third-order valence-corrected chi connectivity index (χ3v) is 6.75. The average Bonchev–Trinajstić information content (AvgIpc) is 3.70. The van der Waals surface area contributed by atoms with Gasteiger partial charge in [0.05, 0.1) is 13.2 Å². The molecular formula is C33H42O4. The zero-order valence-electron chi connectivity index (χ0n) is 22.6. The zero-order valence-corrected chi connectivity index (χ0v) is 22.6. The summed E-state index contributed by atoms with van der Waals surface area (Å²) in [6.45, 7) is 22.3. The number of ether oxygens (including phenoxy) is 3. The minimum atomic E-state index is -0.292. The molecule has 2 aromatic carbocycles. The third kappa shape index (κ3) is 7.24. The summed E-state index contributed by atoms with van der Waals surface area (Å²) in [5.74, 6) is 1.79. The fourth-order valence-electron chi connectivity index (χ4n) is 4.58. The van der Waals surface area contributed by atoms with Crippen LogP contribution in [-0.4, -0.2) is 37.6 Å². The van der Waals surface area contributed by atoms with Gasteiger partial charge in [0.25, 0.3) is 0 Å². The molecule has 37 heavy (non-hydrogen) atoms. The van der Waals surface area contributed by atoms with Crippen LogP contribution in [0.1, 0.15) is 53.6 Å². The molecule has 1 atom stereocenters. The number of rotatable bonds is 17. The van der Waals surface area contributed by atoms with Crippen LogP contribution in [0, 0.1) is 0 Å². The van der Waals surface area contributed by atoms with Crippen molar-refractivity contribution in [2.45, 2.75) is 57.5 Å². The van der Waals surface area contributed by atoms with E-state index in [0.717, 1.165) is 53.2 Å². The molecule has 0 radical (unpaired) electrons. The Morgan fingerprint density at radius 1 is 0.811 bits per heavy atom. The molecule has 1 aliphatic rings. The summed E-state index contributed by atoms with van der Waals surface area (Å²) in [6.07, 6.45) is 11.3. The Labute approximate surface area is 223 Å². The van der Waals surface area contributed by atoms with E-state index in [2.05, 4.69) is 64.4 Å². The lowest BCUT2D eigenvalue weighted by atomic mass is 9.75. The van der Waals surface area contributed by atoms with Crippen molar-refractivity contribution in [3.05, 3.63) is 108 Å². The standard InChI is InChI=1S/C33H42O4/c1-7-12-24-18-28(19-25(13-8-2)31(24)35-17-11-16-34)33(5,6)29-20-26(14-9-3)32(27(21-29)15-10-4)37-23-30-22-36-30/h7-10,18-21,30,34H,1-4,11-17,22-23H2,5-6H3. The molecule has 1 heterocycles. The minimum absolute atomic E-state index is 0.103. The molecule has 4 nitrogen and oxygen atoms in total. The van der Waals surface area contributed by atoms with Crippen LogP contribution in [-0.2, 0) is 35.8 Å². The van der Waals surface area contributed by atoms with Crippen molar-refractivity contribution in [3.63, 3.8) is 0 Å². The van der Waals surface area contributed by atoms with E-state index in [1.807, 2.05) is 24.3 Å². The highest BCUT2D eigenvalue weighted by Gasteiger charge is 2.29. The number of hydrogen-bond acceptors (Lipinski definition) is 4. The summed E-state index contributed by atoms with van der Waals surface area (Å²) in [5.41, 5.74) is 6.55. The molecule has 1 fully saturated rings. The highest BCUT2D eigenvalue weighted by atomic mass is 16.6. The summed E-state index contributed by atoms with van der Waals surface area (Å²) in [4.78, 5) is 0. The van der Waals surface area contributed by atoms with Crippen LogP contribution in [0.5, 0.6) is 11.5 Å². The maximum Gasteiger partial charge on any atom is 0.126 e. The average molecular weight is 503 g/mol. The summed E-state index contributed by atoms with van der Waals surface area (Å²) < 4.78 is 17.8. The summed E-state index contributed by atoms with van der Waals surface area (Å²) >= 11 is 0. The van der Waals surface area contributed by atoms with Crippen molar-refractivity contribution in [1.29, 1.82) is 0 Å². The first-order chi connectivity index (χ1) is 17.9. The van der Waals surface area contributed by atoms with E-state index in [1.165, 1.54) is 11.1 Å². The van der Waals surface area contributed by atoms with Gasteiger partial charge in [-0.2, -0.15) is 0 Å². The smallest absolute Gasteiger partial charge is 0.126 e. The quantitative estimate of drug-likeness (QED) is 0.153. The van der Waals surface area contributed by atoms with Gasteiger partial charge in [0.1, 0.15) is 24.2 Å². The van der Waals surface area contributed by atoms with Crippen LogP contribution in [0.2, 0.25) is 0 Å². The van der Waals surface area contributed by atoms with E-state index in [0.29, 0.717) is 32.5 Å². The first-order valence-corrected chi connectivity index (χ1v) is 13.1. The molecular weight excluding hydrogens is 460 g/mol. The summed E-state index contributed by atoms with van der Waals surface area (Å²) in [6, 6.07) is 8.97. The molecule has 1 aliphatic heterocycles. The van der Waals surface area contributed by atoms with Gasteiger partial charge < -0.3 is 19.3 Å². The molecule has 1 saturated heterocycles. The Morgan fingerprint density at radius 3 is 1.57 bits per heavy atom. The largest absolute Gasteiger partial charge is 0.493 e. The number of benzene rings is 2. The fourth-order valence-corrected chi connectivity index (χ4v) is 4.58. The van der Waals surface area contributed by atoms with Gasteiger partial charge in [0, 0.05) is 18.4 Å². The van der Waals surface area contributed by atoms with Crippen LogP contribution in [0.3, 0.4) is 0 Å². The predicted molar refractivity (Wildman–Crippen MR) is 153 cm³/mol. The number of allylic oxidation sites excluding steroid dienone is 4. The van der Waals surface area contributed by atoms with Crippen LogP contribution < -0.4 is 9.47 Å². The molecule has 0 saturated carbocycles. The lowest BCUT2D eigenvalue weighted by Gasteiger charge is -2.30. The summed E-state index contributed by atoms with van der Waals surface area (Å²) in [5, 5.41) is 9.23. The van der Waals surface area contributed by atoms with Crippen molar-refractivity contribution in [3.8, 4) is 11.5 Å². The van der Waals surface area contributed by atoms with Crippen LogP contribution in [0.4, 0.5) is 0 Å². The van der Waals surface area contributed by atoms with E-state index in [-0.39, 0.29) is 18.1 Å².